The molecule has 1 amide bonds. The van der Waals surface area contributed by atoms with Gasteiger partial charge in [0.2, 0.25) is 5.91 Å². The SMILES string of the molecule is CCCCC/C=C\C/C=C\CCCCCCCC(CC(=O)NC(CO)C(O)CCCCCCCCCCCCC)OC(=O)CCCCCCCC/C=C/C=C/CCCCC. The number of esters is 1. The zero-order valence-corrected chi connectivity index (χ0v) is 39.8. The molecule has 0 aliphatic rings. The number of aliphatic hydroxyl groups is 2. The van der Waals surface area contributed by atoms with Crippen molar-refractivity contribution >= 4 is 11.9 Å². The van der Waals surface area contributed by atoms with Gasteiger partial charge in [0.25, 0.3) is 0 Å². The first kappa shape index (κ1) is 57.8. The van der Waals surface area contributed by atoms with Crippen LogP contribution in [0.25, 0.3) is 0 Å². The van der Waals surface area contributed by atoms with Gasteiger partial charge in [0, 0.05) is 6.42 Å². The maximum Gasteiger partial charge on any atom is 0.306 e. The van der Waals surface area contributed by atoms with E-state index < -0.39 is 18.2 Å². The summed E-state index contributed by atoms with van der Waals surface area (Å²) in [5.41, 5.74) is 0. The van der Waals surface area contributed by atoms with Gasteiger partial charge in [-0.2, -0.15) is 0 Å². The van der Waals surface area contributed by atoms with Gasteiger partial charge < -0.3 is 20.3 Å². The lowest BCUT2D eigenvalue weighted by Gasteiger charge is -2.24. The van der Waals surface area contributed by atoms with E-state index in [1.165, 1.54) is 135 Å². The third-order valence-electron chi connectivity index (χ3n) is 11.7. The van der Waals surface area contributed by atoms with Crippen LogP contribution in [-0.4, -0.2) is 46.9 Å². The monoisotopic (exact) mass is 842 g/mol. The van der Waals surface area contributed by atoms with Crippen LogP contribution in [0, 0.1) is 0 Å². The van der Waals surface area contributed by atoms with Crippen molar-refractivity contribution in [3.8, 4) is 0 Å². The number of ether oxygens (including phenoxy) is 1. The Hall–Kier alpha value is -2.18. The summed E-state index contributed by atoms with van der Waals surface area (Å²) in [7, 11) is 0. The molecule has 3 N–H and O–H groups in total. The molecule has 0 spiro atoms. The van der Waals surface area contributed by atoms with Gasteiger partial charge >= 0.3 is 5.97 Å². The van der Waals surface area contributed by atoms with Gasteiger partial charge in [-0.1, -0.05) is 211 Å². The number of unbranched alkanes of at least 4 members (excludes halogenated alkanes) is 27. The van der Waals surface area contributed by atoms with Crippen LogP contribution in [0.5, 0.6) is 0 Å². The lowest BCUT2D eigenvalue weighted by atomic mass is 10.0. The first-order chi connectivity index (χ1) is 29.5. The van der Waals surface area contributed by atoms with Crippen LogP contribution in [0.4, 0.5) is 0 Å². The Labute approximate surface area is 372 Å². The maximum atomic E-state index is 13.2. The molecule has 0 heterocycles. The number of nitrogens with one attached hydrogen (secondary N) is 1. The lowest BCUT2D eigenvalue weighted by Crippen LogP contribution is -2.46. The van der Waals surface area contributed by atoms with E-state index in [4.69, 9.17) is 4.74 Å². The first-order valence-corrected chi connectivity index (χ1v) is 25.9. The van der Waals surface area contributed by atoms with E-state index in [1.807, 2.05) is 0 Å². The molecule has 0 saturated heterocycles. The Balaban J connectivity index is 4.63. The number of rotatable bonds is 46. The van der Waals surface area contributed by atoms with Crippen LogP contribution in [0.15, 0.2) is 48.6 Å². The number of carbonyl (C=O) groups excluding carboxylic acids is 2. The summed E-state index contributed by atoms with van der Waals surface area (Å²) in [4.78, 5) is 26.1. The summed E-state index contributed by atoms with van der Waals surface area (Å²) in [5, 5.41) is 23.7. The molecule has 0 radical (unpaired) electrons. The third-order valence-corrected chi connectivity index (χ3v) is 11.7. The molecule has 0 aromatic carbocycles. The second kappa shape index (κ2) is 47.9. The molecule has 6 heteroatoms. The summed E-state index contributed by atoms with van der Waals surface area (Å²) in [6.45, 7) is 6.42. The number of hydrogen-bond acceptors (Lipinski definition) is 5. The van der Waals surface area contributed by atoms with Crippen molar-refractivity contribution in [2.24, 2.45) is 0 Å². The van der Waals surface area contributed by atoms with Gasteiger partial charge in [0.15, 0.2) is 0 Å². The quantitative estimate of drug-likeness (QED) is 0.0246. The number of amides is 1. The molecule has 3 atom stereocenters. The molecular formula is C54H99NO5. The fraction of sp³-hybridized carbons (Fsp3) is 0.815. The Bertz CT molecular complexity index is 1040. The molecule has 0 saturated carbocycles. The summed E-state index contributed by atoms with van der Waals surface area (Å²) >= 11 is 0. The van der Waals surface area contributed by atoms with Crippen molar-refractivity contribution in [2.45, 2.75) is 277 Å². The summed E-state index contributed by atoms with van der Waals surface area (Å²) in [5.74, 6) is -0.496. The molecule has 0 aliphatic carbocycles. The van der Waals surface area contributed by atoms with Crippen LogP contribution in [0.3, 0.4) is 0 Å². The fourth-order valence-corrected chi connectivity index (χ4v) is 7.69. The van der Waals surface area contributed by atoms with Gasteiger partial charge in [0.05, 0.1) is 25.2 Å². The number of allylic oxidation sites excluding steroid dienone is 8. The number of hydrogen-bond donors (Lipinski definition) is 3. The maximum absolute atomic E-state index is 13.2. The van der Waals surface area contributed by atoms with E-state index in [2.05, 4.69) is 74.7 Å². The van der Waals surface area contributed by atoms with Gasteiger partial charge in [-0.3, -0.25) is 9.59 Å². The molecule has 60 heavy (non-hydrogen) atoms. The van der Waals surface area contributed by atoms with Crippen molar-refractivity contribution in [1.29, 1.82) is 0 Å². The second-order valence-corrected chi connectivity index (χ2v) is 17.6. The zero-order valence-electron chi connectivity index (χ0n) is 39.8. The van der Waals surface area contributed by atoms with E-state index in [9.17, 15) is 19.8 Å². The van der Waals surface area contributed by atoms with E-state index in [1.54, 1.807) is 0 Å². The predicted molar refractivity (Wildman–Crippen MR) is 259 cm³/mol. The van der Waals surface area contributed by atoms with Crippen molar-refractivity contribution in [3.05, 3.63) is 48.6 Å². The summed E-state index contributed by atoms with van der Waals surface area (Å²) in [6.07, 6.45) is 57.3. The van der Waals surface area contributed by atoms with Crippen molar-refractivity contribution < 1.29 is 24.5 Å². The average Bonchev–Trinajstić information content (AvgIpc) is 3.24. The van der Waals surface area contributed by atoms with Crippen molar-refractivity contribution in [2.75, 3.05) is 6.61 Å². The van der Waals surface area contributed by atoms with E-state index in [0.717, 1.165) is 77.0 Å². The van der Waals surface area contributed by atoms with Gasteiger partial charge in [-0.15, -0.1) is 0 Å². The molecule has 0 aromatic heterocycles. The highest BCUT2D eigenvalue weighted by molar-refractivity contribution is 5.77. The molecule has 0 fully saturated rings. The Morgan fingerprint density at radius 1 is 0.500 bits per heavy atom. The summed E-state index contributed by atoms with van der Waals surface area (Å²) in [6, 6.07) is -0.707. The highest BCUT2D eigenvalue weighted by Crippen LogP contribution is 2.17. The molecule has 0 rings (SSSR count). The molecule has 0 aliphatic heterocycles. The van der Waals surface area contributed by atoms with Crippen LogP contribution in [0.2, 0.25) is 0 Å². The Morgan fingerprint density at radius 3 is 1.40 bits per heavy atom. The van der Waals surface area contributed by atoms with Crippen LogP contribution >= 0.6 is 0 Å². The molecule has 0 aromatic rings. The first-order valence-electron chi connectivity index (χ1n) is 25.9. The lowest BCUT2D eigenvalue weighted by molar-refractivity contribution is -0.151. The molecular weight excluding hydrogens is 743 g/mol. The smallest absolute Gasteiger partial charge is 0.306 e. The number of aliphatic hydroxyl groups excluding tert-OH is 2. The molecule has 350 valence electrons. The van der Waals surface area contributed by atoms with Crippen molar-refractivity contribution in [3.63, 3.8) is 0 Å². The summed E-state index contributed by atoms with van der Waals surface area (Å²) < 4.78 is 5.93. The molecule has 3 unspecified atom stereocenters. The van der Waals surface area contributed by atoms with Crippen LogP contribution in [0.1, 0.15) is 258 Å². The normalized spacial score (nSPS) is 13.6. The minimum atomic E-state index is -0.793. The van der Waals surface area contributed by atoms with Gasteiger partial charge in [-0.05, 0) is 83.5 Å². The molecule has 0 bridgehead atoms. The average molecular weight is 842 g/mol. The van der Waals surface area contributed by atoms with Crippen molar-refractivity contribution in [1.82, 2.24) is 5.32 Å². The zero-order chi connectivity index (χ0) is 43.8. The Kier molecular flexibility index (Phi) is 46.1. The van der Waals surface area contributed by atoms with Crippen LogP contribution < -0.4 is 5.32 Å². The number of carbonyl (C=O) groups is 2. The standard InChI is InChI=1S/C54H99NO5/c1-4-7-10-13-16-19-22-24-26-28-31-33-36-39-42-45-50(60-54(59)47-44-41-38-35-32-29-27-25-23-20-17-14-11-8-5-2)48-53(58)55-51(49-56)52(57)46-43-40-37-34-30-21-18-15-12-9-6-3/h16-17,19-20,23-26,50-52,56-57H,4-15,18,21-22,27-49H2,1-3H3,(H,55,58)/b19-16-,20-17+,25-23+,26-24-. The Morgan fingerprint density at radius 2 is 0.900 bits per heavy atom. The fourth-order valence-electron chi connectivity index (χ4n) is 7.69. The van der Waals surface area contributed by atoms with Gasteiger partial charge in [0.1, 0.15) is 6.10 Å². The topological polar surface area (TPSA) is 95.9 Å². The van der Waals surface area contributed by atoms with Gasteiger partial charge in [-0.25, -0.2) is 0 Å². The molecule has 6 nitrogen and oxygen atoms in total. The van der Waals surface area contributed by atoms with E-state index in [0.29, 0.717) is 19.3 Å². The second-order valence-electron chi connectivity index (χ2n) is 17.6. The highest BCUT2D eigenvalue weighted by atomic mass is 16.5. The minimum absolute atomic E-state index is 0.0638. The third kappa shape index (κ3) is 42.5. The minimum Gasteiger partial charge on any atom is -0.462 e. The highest BCUT2D eigenvalue weighted by Gasteiger charge is 2.24. The van der Waals surface area contributed by atoms with E-state index >= 15 is 0 Å². The predicted octanol–water partition coefficient (Wildman–Crippen LogP) is 15.5. The van der Waals surface area contributed by atoms with E-state index in [-0.39, 0.29) is 24.9 Å². The van der Waals surface area contributed by atoms with Crippen LogP contribution in [-0.2, 0) is 14.3 Å². The largest absolute Gasteiger partial charge is 0.462 e.